The van der Waals surface area contributed by atoms with Gasteiger partial charge in [0, 0.05) is 0 Å². The second-order valence-corrected chi connectivity index (χ2v) is 4.31. The molecule has 0 fully saturated rings. The van der Waals surface area contributed by atoms with Crippen LogP contribution in [0.15, 0.2) is 18.2 Å². The van der Waals surface area contributed by atoms with E-state index in [1.165, 1.54) is 12.1 Å². The number of hydrogen-bond donors (Lipinski definition) is 1. The molecule has 0 saturated carbocycles. The molecule has 0 aliphatic heterocycles. The van der Waals surface area contributed by atoms with Crippen LogP contribution in [0.1, 0.15) is 12.0 Å². The summed E-state index contributed by atoms with van der Waals surface area (Å²) in [4.78, 5) is 10.3. The number of halogens is 2. The highest BCUT2D eigenvalue weighted by Crippen LogP contribution is 2.18. The average molecular weight is 338 g/mol. The predicted octanol–water partition coefficient (Wildman–Crippen LogP) is 2.66. The van der Waals surface area contributed by atoms with Crippen molar-refractivity contribution in [2.24, 2.45) is 0 Å². The Hall–Kier alpha value is -0.850. The van der Waals surface area contributed by atoms with Gasteiger partial charge >= 0.3 is 5.97 Å². The minimum atomic E-state index is -1.04. The fourth-order valence-electron chi connectivity index (χ4n) is 1.23. The molecule has 1 aromatic carbocycles. The molecule has 0 unspecified atom stereocenters. The summed E-state index contributed by atoms with van der Waals surface area (Å²) in [5.74, 6) is -0.919. The zero-order valence-corrected chi connectivity index (χ0v) is 10.7. The third kappa shape index (κ3) is 4.34. The lowest BCUT2D eigenvalue weighted by Gasteiger charge is -2.06. The number of alkyl halides is 1. The molecule has 0 amide bonds. The standard InChI is InChI=1S/C11H12FIO3/c12-10-4-3-9(16-7-11(14)15)6-8(10)2-1-5-13/h3-4,6H,1-2,5,7H2,(H,14,15). The van der Waals surface area contributed by atoms with Crippen molar-refractivity contribution in [3.63, 3.8) is 0 Å². The van der Waals surface area contributed by atoms with Gasteiger partial charge in [-0.25, -0.2) is 9.18 Å². The Balaban J connectivity index is 2.68. The lowest BCUT2D eigenvalue weighted by Crippen LogP contribution is -2.09. The van der Waals surface area contributed by atoms with Gasteiger partial charge in [-0.1, -0.05) is 22.6 Å². The summed E-state index contributed by atoms with van der Waals surface area (Å²) in [6.45, 7) is -0.405. The smallest absolute Gasteiger partial charge is 0.341 e. The first-order valence-electron chi connectivity index (χ1n) is 4.82. The molecule has 0 atom stereocenters. The first-order chi connectivity index (χ1) is 7.63. The molecule has 0 bridgehead atoms. The zero-order chi connectivity index (χ0) is 12.0. The molecule has 0 aliphatic carbocycles. The van der Waals surface area contributed by atoms with Gasteiger partial charge in [0.2, 0.25) is 0 Å². The topological polar surface area (TPSA) is 46.5 Å². The summed E-state index contributed by atoms with van der Waals surface area (Å²) >= 11 is 2.23. The van der Waals surface area contributed by atoms with Gasteiger partial charge in [-0.05, 0) is 41.0 Å². The van der Waals surface area contributed by atoms with Crippen LogP contribution < -0.4 is 4.74 Å². The number of carbonyl (C=O) groups is 1. The van der Waals surface area contributed by atoms with E-state index in [1.807, 2.05) is 0 Å². The maximum absolute atomic E-state index is 13.3. The summed E-state index contributed by atoms with van der Waals surface area (Å²) in [5, 5.41) is 8.44. The fourth-order valence-corrected chi connectivity index (χ4v) is 1.62. The largest absolute Gasteiger partial charge is 0.482 e. The first-order valence-corrected chi connectivity index (χ1v) is 6.35. The van der Waals surface area contributed by atoms with Crippen molar-refractivity contribution in [3.05, 3.63) is 29.6 Å². The van der Waals surface area contributed by atoms with Gasteiger partial charge < -0.3 is 9.84 Å². The van der Waals surface area contributed by atoms with Crippen LogP contribution in [-0.4, -0.2) is 22.1 Å². The fraction of sp³-hybridized carbons (Fsp3) is 0.364. The van der Waals surface area contributed by atoms with Crippen LogP contribution in [0.3, 0.4) is 0 Å². The molecule has 1 N–H and O–H groups in total. The molecule has 5 heteroatoms. The highest BCUT2D eigenvalue weighted by Gasteiger charge is 2.05. The van der Waals surface area contributed by atoms with E-state index in [0.29, 0.717) is 17.7 Å². The Kier molecular flexibility index (Phi) is 5.51. The minimum absolute atomic E-state index is 0.271. The maximum atomic E-state index is 13.3. The van der Waals surface area contributed by atoms with Crippen LogP contribution in [0.25, 0.3) is 0 Å². The molecule has 16 heavy (non-hydrogen) atoms. The monoisotopic (exact) mass is 338 g/mol. The van der Waals surface area contributed by atoms with Crippen LogP contribution in [-0.2, 0) is 11.2 Å². The quantitative estimate of drug-likeness (QED) is 0.641. The van der Waals surface area contributed by atoms with Gasteiger partial charge in [0.25, 0.3) is 0 Å². The third-order valence-electron chi connectivity index (χ3n) is 1.96. The first kappa shape index (κ1) is 13.2. The lowest BCUT2D eigenvalue weighted by atomic mass is 10.1. The Morgan fingerprint density at radius 1 is 1.50 bits per heavy atom. The molecule has 0 spiro atoms. The molecule has 3 nitrogen and oxygen atoms in total. The van der Waals surface area contributed by atoms with Crippen molar-refractivity contribution in [2.75, 3.05) is 11.0 Å². The van der Waals surface area contributed by atoms with Gasteiger partial charge in [-0.3, -0.25) is 0 Å². The summed E-state index contributed by atoms with van der Waals surface area (Å²) in [6.07, 6.45) is 1.53. The van der Waals surface area contributed by atoms with Crippen LogP contribution in [0.5, 0.6) is 5.75 Å². The van der Waals surface area contributed by atoms with E-state index in [0.717, 1.165) is 10.8 Å². The Bertz CT molecular complexity index is 368. The van der Waals surface area contributed by atoms with E-state index in [2.05, 4.69) is 22.6 Å². The van der Waals surface area contributed by atoms with Crippen molar-refractivity contribution >= 4 is 28.6 Å². The molecule has 1 rings (SSSR count). The summed E-state index contributed by atoms with van der Waals surface area (Å²) in [6, 6.07) is 4.30. The number of benzene rings is 1. The van der Waals surface area contributed by atoms with E-state index in [4.69, 9.17) is 9.84 Å². The van der Waals surface area contributed by atoms with E-state index < -0.39 is 12.6 Å². The number of carboxylic acid groups (broad SMARTS) is 1. The van der Waals surface area contributed by atoms with Gasteiger partial charge in [-0.15, -0.1) is 0 Å². The normalized spacial score (nSPS) is 10.1. The predicted molar refractivity (Wildman–Crippen MR) is 66.7 cm³/mol. The Labute approximate surface area is 107 Å². The number of carboxylic acids is 1. The zero-order valence-electron chi connectivity index (χ0n) is 8.58. The molecule has 0 radical (unpaired) electrons. The number of aryl methyl sites for hydroxylation is 1. The Morgan fingerprint density at radius 3 is 2.88 bits per heavy atom. The van der Waals surface area contributed by atoms with Gasteiger partial charge in [0.1, 0.15) is 11.6 Å². The summed E-state index contributed by atoms with van der Waals surface area (Å²) < 4.78 is 19.2. The molecule has 88 valence electrons. The average Bonchev–Trinajstić information content (AvgIpc) is 2.26. The van der Waals surface area contributed by atoms with Crippen molar-refractivity contribution in [1.29, 1.82) is 0 Å². The molecule has 0 heterocycles. The van der Waals surface area contributed by atoms with Crippen LogP contribution in [0.2, 0.25) is 0 Å². The van der Waals surface area contributed by atoms with Gasteiger partial charge in [0.05, 0.1) is 0 Å². The summed E-state index contributed by atoms with van der Waals surface area (Å²) in [7, 11) is 0. The molecule has 0 aliphatic rings. The van der Waals surface area contributed by atoms with E-state index in [-0.39, 0.29) is 5.82 Å². The van der Waals surface area contributed by atoms with Crippen molar-refractivity contribution < 1.29 is 19.0 Å². The molecular weight excluding hydrogens is 326 g/mol. The van der Waals surface area contributed by atoms with E-state index in [9.17, 15) is 9.18 Å². The van der Waals surface area contributed by atoms with E-state index >= 15 is 0 Å². The van der Waals surface area contributed by atoms with Gasteiger partial charge in [0.15, 0.2) is 6.61 Å². The molecular formula is C11H12FIO3. The second-order valence-electron chi connectivity index (χ2n) is 3.23. The van der Waals surface area contributed by atoms with Crippen molar-refractivity contribution in [3.8, 4) is 5.75 Å². The number of aliphatic carboxylic acids is 1. The molecule has 1 aromatic rings. The number of rotatable bonds is 6. The van der Waals surface area contributed by atoms with Crippen LogP contribution in [0, 0.1) is 5.82 Å². The molecule has 0 saturated heterocycles. The summed E-state index contributed by atoms with van der Waals surface area (Å²) in [5.41, 5.74) is 0.569. The highest BCUT2D eigenvalue weighted by atomic mass is 127. The number of hydrogen-bond acceptors (Lipinski definition) is 2. The minimum Gasteiger partial charge on any atom is -0.482 e. The second kappa shape index (κ2) is 6.67. The maximum Gasteiger partial charge on any atom is 0.341 e. The highest BCUT2D eigenvalue weighted by molar-refractivity contribution is 14.1. The lowest BCUT2D eigenvalue weighted by molar-refractivity contribution is -0.139. The molecule has 0 aromatic heterocycles. The van der Waals surface area contributed by atoms with Crippen LogP contribution in [0.4, 0.5) is 4.39 Å². The van der Waals surface area contributed by atoms with Crippen LogP contribution >= 0.6 is 22.6 Å². The van der Waals surface area contributed by atoms with Crippen molar-refractivity contribution in [2.45, 2.75) is 12.8 Å². The number of ether oxygens (including phenoxy) is 1. The third-order valence-corrected chi connectivity index (χ3v) is 2.72. The SMILES string of the molecule is O=C(O)COc1ccc(F)c(CCCI)c1. The van der Waals surface area contributed by atoms with Crippen molar-refractivity contribution in [1.82, 2.24) is 0 Å². The van der Waals surface area contributed by atoms with Gasteiger partial charge in [-0.2, -0.15) is 0 Å². The Morgan fingerprint density at radius 2 is 2.25 bits per heavy atom. The van der Waals surface area contributed by atoms with E-state index in [1.54, 1.807) is 6.07 Å².